The van der Waals surface area contributed by atoms with Crippen LogP contribution in [0.4, 0.5) is 0 Å². The molecule has 0 N–H and O–H groups in total. The Morgan fingerprint density at radius 2 is 0.946 bits per heavy atom. The molecule has 0 fully saturated rings. The molecule has 4 nitrogen and oxygen atoms in total. The maximum Gasteiger partial charge on any atom is 0.139 e. The Hall–Kier alpha value is -4.80. The number of hydrogen-bond donors (Lipinski definition) is 0. The van der Waals surface area contributed by atoms with Crippen molar-refractivity contribution in [3.05, 3.63) is 144 Å². The first-order valence-corrected chi connectivity index (χ1v) is 12.2. The highest BCUT2D eigenvalue weighted by Crippen LogP contribution is 2.15. The van der Waals surface area contributed by atoms with E-state index in [4.69, 9.17) is 10.3 Å². The van der Waals surface area contributed by atoms with Gasteiger partial charge in [-0.05, 0) is 5.92 Å². The quantitative estimate of drug-likeness (QED) is 0.208. The summed E-state index contributed by atoms with van der Waals surface area (Å²) < 4.78 is 0. The molecular formula is C33H30N4. The van der Waals surface area contributed by atoms with E-state index in [-0.39, 0.29) is 18.5 Å². The summed E-state index contributed by atoms with van der Waals surface area (Å²) in [7, 11) is 0. The first-order valence-electron chi connectivity index (χ1n) is 12.2. The summed E-state index contributed by atoms with van der Waals surface area (Å²) in [6.45, 7) is 4.22. The highest BCUT2D eigenvalue weighted by Gasteiger charge is 2.14. The van der Waals surface area contributed by atoms with Crippen LogP contribution < -0.4 is 0 Å². The number of benzene rings is 4. The van der Waals surface area contributed by atoms with Crippen LogP contribution in [0.5, 0.6) is 0 Å². The van der Waals surface area contributed by atoms with Crippen LogP contribution in [0.2, 0.25) is 0 Å². The largest absolute Gasteiger partial charge is 0.269 e. The van der Waals surface area contributed by atoms with Crippen molar-refractivity contribution in [2.24, 2.45) is 15.9 Å². The third-order valence-corrected chi connectivity index (χ3v) is 5.53. The maximum absolute atomic E-state index is 9.28. The van der Waals surface area contributed by atoms with Gasteiger partial charge in [-0.1, -0.05) is 135 Å². The molecule has 0 spiro atoms. The van der Waals surface area contributed by atoms with Crippen LogP contribution in [-0.4, -0.2) is 24.0 Å². The molecule has 4 rings (SSSR count). The molecule has 0 amide bonds. The first-order chi connectivity index (χ1) is 18.1. The zero-order chi connectivity index (χ0) is 26.3. The van der Waals surface area contributed by atoms with Gasteiger partial charge in [-0.3, -0.25) is 9.98 Å². The Balaban J connectivity index is 0.000000208. The summed E-state index contributed by atoms with van der Waals surface area (Å²) in [6, 6.07) is 43.9. The van der Waals surface area contributed by atoms with Crippen LogP contribution in [-0.2, 0) is 0 Å². The summed E-state index contributed by atoms with van der Waals surface area (Å²) in [5.41, 5.74) is 5.90. The highest BCUT2D eigenvalue weighted by atomic mass is 14.8. The predicted molar refractivity (Wildman–Crippen MR) is 152 cm³/mol. The van der Waals surface area contributed by atoms with Gasteiger partial charge in [-0.2, -0.15) is 10.5 Å². The second-order valence-electron chi connectivity index (χ2n) is 8.58. The maximum atomic E-state index is 9.28. The van der Waals surface area contributed by atoms with E-state index in [1.807, 2.05) is 135 Å². The third kappa shape index (κ3) is 8.13. The van der Waals surface area contributed by atoms with Crippen molar-refractivity contribution >= 4 is 11.4 Å². The fourth-order valence-electron chi connectivity index (χ4n) is 3.63. The molecule has 0 radical (unpaired) electrons. The summed E-state index contributed by atoms with van der Waals surface area (Å²) in [5, 5.41) is 17.9. The number of rotatable bonds is 7. The Bertz CT molecular complexity index is 1280. The first kappa shape index (κ1) is 26.8. The van der Waals surface area contributed by atoms with Crippen molar-refractivity contribution in [3.63, 3.8) is 0 Å². The molecule has 0 aliphatic carbocycles. The Morgan fingerprint density at radius 3 is 1.24 bits per heavy atom. The topological polar surface area (TPSA) is 72.3 Å². The molecule has 1 unspecified atom stereocenters. The Kier molecular flexibility index (Phi) is 10.5. The van der Waals surface area contributed by atoms with Gasteiger partial charge in [0.15, 0.2) is 0 Å². The van der Waals surface area contributed by atoms with E-state index < -0.39 is 0 Å². The molecular weight excluding hydrogens is 452 g/mol. The van der Waals surface area contributed by atoms with Gasteiger partial charge in [0.2, 0.25) is 0 Å². The lowest BCUT2D eigenvalue weighted by Crippen LogP contribution is -2.15. The molecule has 0 bridgehead atoms. The van der Waals surface area contributed by atoms with E-state index in [0.717, 1.165) is 33.7 Å². The molecule has 0 aliphatic heterocycles. The molecule has 4 heteroatoms. The van der Waals surface area contributed by atoms with Gasteiger partial charge in [-0.25, -0.2) is 0 Å². The summed E-state index contributed by atoms with van der Waals surface area (Å²) >= 11 is 0. The van der Waals surface area contributed by atoms with Crippen LogP contribution >= 0.6 is 0 Å². The zero-order valence-electron chi connectivity index (χ0n) is 21.2. The van der Waals surface area contributed by atoms with E-state index in [9.17, 15) is 5.26 Å². The lowest BCUT2D eigenvalue weighted by molar-refractivity contribution is 0.582. The van der Waals surface area contributed by atoms with E-state index >= 15 is 0 Å². The van der Waals surface area contributed by atoms with Gasteiger partial charge < -0.3 is 0 Å². The molecule has 4 aromatic rings. The molecule has 0 aliphatic rings. The van der Waals surface area contributed by atoms with Gasteiger partial charge in [0.1, 0.15) is 12.6 Å². The van der Waals surface area contributed by atoms with Crippen LogP contribution in [0.15, 0.2) is 131 Å². The molecule has 182 valence electrons. The summed E-state index contributed by atoms with van der Waals surface area (Å²) in [5.74, 6) is 0.197. The van der Waals surface area contributed by atoms with Gasteiger partial charge in [0.05, 0.1) is 23.6 Å². The van der Waals surface area contributed by atoms with Gasteiger partial charge in [-0.15, -0.1) is 0 Å². The Labute approximate surface area is 219 Å². The van der Waals surface area contributed by atoms with Gasteiger partial charge in [0, 0.05) is 22.3 Å². The summed E-state index contributed by atoms with van der Waals surface area (Å²) in [4.78, 5) is 9.03. The highest BCUT2D eigenvalue weighted by molar-refractivity contribution is 6.13. The average molecular weight is 483 g/mol. The van der Waals surface area contributed by atoms with Crippen LogP contribution in [0, 0.1) is 28.6 Å². The predicted octanol–water partition coefficient (Wildman–Crippen LogP) is 7.12. The molecule has 37 heavy (non-hydrogen) atoms. The third-order valence-electron chi connectivity index (χ3n) is 5.53. The minimum atomic E-state index is -0.328. The second kappa shape index (κ2) is 14.6. The minimum Gasteiger partial charge on any atom is -0.269 e. The van der Waals surface area contributed by atoms with Gasteiger partial charge in [0.25, 0.3) is 0 Å². The van der Waals surface area contributed by atoms with Crippen LogP contribution in [0.3, 0.4) is 0 Å². The molecule has 0 saturated heterocycles. The van der Waals surface area contributed by atoms with E-state index in [0.29, 0.717) is 0 Å². The van der Waals surface area contributed by atoms with Crippen molar-refractivity contribution in [1.29, 1.82) is 10.5 Å². The molecule has 1 atom stereocenters. The number of hydrogen-bond acceptors (Lipinski definition) is 4. The van der Waals surface area contributed by atoms with E-state index in [1.165, 1.54) is 0 Å². The molecule has 0 aromatic heterocycles. The van der Waals surface area contributed by atoms with Crippen molar-refractivity contribution in [2.45, 2.75) is 19.9 Å². The SMILES string of the molecule is CC(C)C(C#N)N=C(c1ccccc1)c1ccccc1.N#CCN=C(c1ccccc1)c1ccccc1. The van der Waals surface area contributed by atoms with Crippen molar-refractivity contribution in [2.75, 3.05) is 6.54 Å². The summed E-state index contributed by atoms with van der Waals surface area (Å²) in [6.07, 6.45) is 0. The molecule has 0 saturated carbocycles. The van der Waals surface area contributed by atoms with Crippen molar-refractivity contribution in [1.82, 2.24) is 0 Å². The lowest BCUT2D eigenvalue weighted by Gasteiger charge is -2.13. The molecule has 0 heterocycles. The molecule has 4 aromatic carbocycles. The minimum absolute atomic E-state index is 0.180. The van der Waals surface area contributed by atoms with E-state index in [2.05, 4.69) is 17.1 Å². The fourth-order valence-corrected chi connectivity index (χ4v) is 3.63. The number of aliphatic imine (C=N–C) groups is 2. The fraction of sp³-hybridized carbons (Fsp3) is 0.152. The van der Waals surface area contributed by atoms with Crippen LogP contribution in [0.25, 0.3) is 0 Å². The van der Waals surface area contributed by atoms with E-state index in [1.54, 1.807) is 0 Å². The van der Waals surface area contributed by atoms with Crippen molar-refractivity contribution < 1.29 is 0 Å². The standard InChI is InChI=1S/C18H18N2.C15H12N2/c1-14(2)17(13-19)20-18(15-9-5-3-6-10-15)16-11-7-4-8-12-16;16-11-12-17-15(13-7-3-1-4-8-13)14-9-5-2-6-10-14/h3-12,14,17H,1-2H3;1-10H,12H2. The zero-order valence-corrected chi connectivity index (χ0v) is 21.2. The average Bonchev–Trinajstić information content (AvgIpc) is 2.96. The monoisotopic (exact) mass is 482 g/mol. The number of nitrogens with zero attached hydrogens (tertiary/aromatic N) is 4. The Morgan fingerprint density at radius 1 is 0.595 bits per heavy atom. The van der Waals surface area contributed by atoms with Gasteiger partial charge >= 0.3 is 0 Å². The lowest BCUT2D eigenvalue weighted by atomic mass is 10.0. The normalized spacial score (nSPS) is 10.6. The number of nitriles is 2. The smallest absolute Gasteiger partial charge is 0.139 e. The second-order valence-corrected chi connectivity index (χ2v) is 8.58. The van der Waals surface area contributed by atoms with Crippen LogP contribution in [0.1, 0.15) is 36.1 Å². The van der Waals surface area contributed by atoms with Crippen molar-refractivity contribution in [3.8, 4) is 12.1 Å².